The van der Waals surface area contributed by atoms with Crippen LogP contribution < -0.4 is 5.73 Å². The van der Waals surface area contributed by atoms with Crippen molar-refractivity contribution >= 4 is 17.4 Å². The number of aromatic nitrogens is 1. The molecule has 6 heteroatoms. The predicted molar refractivity (Wildman–Crippen MR) is 38.7 cm³/mol. The first-order chi connectivity index (χ1) is 5.41. The molecule has 1 rings (SSSR count). The number of nitrogen functional groups attached to an aromatic ring is 1. The molecule has 0 saturated heterocycles. The van der Waals surface area contributed by atoms with Crippen molar-refractivity contribution in [2.75, 3.05) is 5.73 Å². The van der Waals surface area contributed by atoms with E-state index in [0.29, 0.717) is 0 Å². The Morgan fingerprint density at radius 2 is 1.92 bits per heavy atom. The molecule has 0 bridgehead atoms. The van der Waals surface area contributed by atoms with Crippen LogP contribution in [0.5, 0.6) is 0 Å². The minimum atomic E-state index is -4.47. The zero-order valence-electron chi connectivity index (χ0n) is 5.69. The van der Waals surface area contributed by atoms with Crippen molar-refractivity contribution in [3.05, 3.63) is 22.8 Å². The monoisotopic (exact) mass is 196 g/mol. The number of alkyl halides is 3. The summed E-state index contributed by atoms with van der Waals surface area (Å²) >= 11 is 5.38. The second-order valence-electron chi connectivity index (χ2n) is 2.06. The van der Waals surface area contributed by atoms with Crippen LogP contribution in [0.2, 0.25) is 5.02 Å². The van der Waals surface area contributed by atoms with Crippen LogP contribution in [0.25, 0.3) is 0 Å². The minimum Gasteiger partial charge on any atom is -0.382 e. The van der Waals surface area contributed by atoms with E-state index in [1.165, 1.54) is 0 Å². The van der Waals surface area contributed by atoms with Gasteiger partial charge in [0.05, 0.1) is 5.02 Å². The van der Waals surface area contributed by atoms with Crippen molar-refractivity contribution in [2.24, 2.45) is 0 Å². The smallest absolute Gasteiger partial charge is 0.382 e. The van der Waals surface area contributed by atoms with E-state index in [1.54, 1.807) is 0 Å². The quantitative estimate of drug-likeness (QED) is 0.692. The Labute approximate surface area is 71.2 Å². The van der Waals surface area contributed by atoms with Gasteiger partial charge in [-0.05, 0) is 12.1 Å². The van der Waals surface area contributed by atoms with Crippen molar-refractivity contribution in [1.29, 1.82) is 0 Å². The summed E-state index contributed by atoms with van der Waals surface area (Å²) in [7, 11) is 0. The van der Waals surface area contributed by atoms with Crippen LogP contribution in [0.3, 0.4) is 0 Å². The fourth-order valence-electron chi connectivity index (χ4n) is 0.616. The molecule has 2 nitrogen and oxygen atoms in total. The van der Waals surface area contributed by atoms with Crippen LogP contribution in [-0.2, 0) is 6.18 Å². The van der Waals surface area contributed by atoms with Crippen molar-refractivity contribution in [3.8, 4) is 0 Å². The first-order valence-electron chi connectivity index (χ1n) is 2.90. The number of nitrogens with zero attached hydrogens (tertiary/aromatic N) is 1. The molecule has 0 aliphatic carbocycles. The molecule has 0 aliphatic heterocycles. The molecule has 0 radical (unpaired) electrons. The van der Waals surface area contributed by atoms with E-state index in [-0.39, 0.29) is 10.8 Å². The van der Waals surface area contributed by atoms with Gasteiger partial charge in [0.25, 0.3) is 0 Å². The van der Waals surface area contributed by atoms with Crippen molar-refractivity contribution in [3.63, 3.8) is 0 Å². The number of pyridine rings is 1. The fraction of sp³-hybridized carbons (Fsp3) is 0.167. The zero-order valence-corrected chi connectivity index (χ0v) is 6.45. The van der Waals surface area contributed by atoms with E-state index >= 15 is 0 Å². The molecule has 2 N–H and O–H groups in total. The highest BCUT2D eigenvalue weighted by Crippen LogP contribution is 2.29. The van der Waals surface area contributed by atoms with Gasteiger partial charge in [-0.1, -0.05) is 11.6 Å². The van der Waals surface area contributed by atoms with Crippen molar-refractivity contribution in [2.45, 2.75) is 6.18 Å². The lowest BCUT2D eigenvalue weighted by atomic mass is 10.3. The Morgan fingerprint density at radius 3 is 2.33 bits per heavy atom. The van der Waals surface area contributed by atoms with E-state index in [1.807, 2.05) is 0 Å². The molecular weight excluding hydrogens is 193 g/mol. The van der Waals surface area contributed by atoms with Gasteiger partial charge in [0, 0.05) is 0 Å². The molecule has 1 aromatic rings. The third kappa shape index (κ3) is 1.79. The molecule has 1 aromatic heterocycles. The van der Waals surface area contributed by atoms with Crippen LogP contribution >= 0.6 is 11.6 Å². The van der Waals surface area contributed by atoms with Gasteiger partial charge in [-0.25, -0.2) is 4.98 Å². The van der Waals surface area contributed by atoms with E-state index in [4.69, 9.17) is 17.3 Å². The van der Waals surface area contributed by atoms with E-state index < -0.39 is 11.9 Å². The fourth-order valence-corrected chi connectivity index (χ4v) is 0.721. The average molecular weight is 197 g/mol. The molecule has 0 spiro atoms. The number of anilines is 1. The van der Waals surface area contributed by atoms with Gasteiger partial charge in [-0.2, -0.15) is 13.2 Å². The van der Waals surface area contributed by atoms with Gasteiger partial charge in [0.2, 0.25) is 0 Å². The third-order valence-electron chi connectivity index (χ3n) is 1.16. The number of hydrogen-bond donors (Lipinski definition) is 1. The van der Waals surface area contributed by atoms with Gasteiger partial charge >= 0.3 is 6.18 Å². The highest BCUT2D eigenvalue weighted by Gasteiger charge is 2.32. The molecular formula is C6H4ClF3N2. The average Bonchev–Trinajstić information content (AvgIpc) is 1.92. The predicted octanol–water partition coefficient (Wildman–Crippen LogP) is 2.34. The summed E-state index contributed by atoms with van der Waals surface area (Å²) in [4.78, 5) is 3.06. The summed E-state index contributed by atoms with van der Waals surface area (Å²) < 4.78 is 35.8. The van der Waals surface area contributed by atoms with Gasteiger partial charge in [-0.3, -0.25) is 0 Å². The Balaban J connectivity index is 3.14. The maximum absolute atomic E-state index is 11.9. The molecule has 0 aromatic carbocycles. The van der Waals surface area contributed by atoms with Crippen LogP contribution in [0, 0.1) is 0 Å². The van der Waals surface area contributed by atoms with Gasteiger partial charge in [0.1, 0.15) is 11.5 Å². The summed E-state index contributed by atoms with van der Waals surface area (Å²) in [6, 6.07) is 1.84. The maximum atomic E-state index is 11.9. The lowest BCUT2D eigenvalue weighted by Crippen LogP contribution is -2.09. The number of nitrogens with two attached hydrogens (primary N) is 1. The normalized spacial score (nSPS) is 11.7. The molecule has 0 unspecified atom stereocenters. The standard InChI is InChI=1S/C6H4ClF3N2/c7-3-1-2-4(6(8,9)10)12-5(3)11/h1-2H,(H2,11,12). The Morgan fingerprint density at radius 1 is 1.33 bits per heavy atom. The highest BCUT2D eigenvalue weighted by molar-refractivity contribution is 6.32. The molecule has 0 fully saturated rings. The maximum Gasteiger partial charge on any atom is 0.433 e. The summed E-state index contributed by atoms with van der Waals surface area (Å²) in [5, 5.41) is 0.0167. The van der Waals surface area contributed by atoms with Crippen molar-refractivity contribution < 1.29 is 13.2 Å². The van der Waals surface area contributed by atoms with E-state index in [0.717, 1.165) is 12.1 Å². The summed E-state index contributed by atoms with van der Waals surface area (Å²) in [5.74, 6) is -0.313. The van der Waals surface area contributed by atoms with Crippen LogP contribution in [0.1, 0.15) is 5.69 Å². The first-order valence-corrected chi connectivity index (χ1v) is 3.28. The van der Waals surface area contributed by atoms with E-state index in [2.05, 4.69) is 4.98 Å². The summed E-state index contributed by atoms with van der Waals surface area (Å²) in [6.45, 7) is 0. The summed E-state index contributed by atoms with van der Waals surface area (Å²) in [6.07, 6.45) is -4.47. The molecule has 12 heavy (non-hydrogen) atoms. The minimum absolute atomic E-state index is 0.0167. The van der Waals surface area contributed by atoms with Gasteiger partial charge in [0.15, 0.2) is 0 Å². The van der Waals surface area contributed by atoms with E-state index in [9.17, 15) is 13.2 Å². The Bertz CT molecular complexity index is 297. The third-order valence-corrected chi connectivity index (χ3v) is 1.48. The lowest BCUT2D eigenvalue weighted by molar-refractivity contribution is -0.141. The highest BCUT2D eigenvalue weighted by atomic mass is 35.5. The summed E-state index contributed by atoms with van der Waals surface area (Å²) in [5.41, 5.74) is 4.04. The number of rotatable bonds is 0. The molecule has 0 saturated carbocycles. The van der Waals surface area contributed by atoms with Gasteiger partial charge in [-0.15, -0.1) is 0 Å². The first kappa shape index (κ1) is 9.12. The molecule has 66 valence electrons. The van der Waals surface area contributed by atoms with Gasteiger partial charge < -0.3 is 5.73 Å². The Kier molecular flexibility index (Phi) is 2.14. The molecule has 0 amide bonds. The second kappa shape index (κ2) is 2.82. The lowest BCUT2D eigenvalue weighted by Gasteiger charge is -2.05. The molecule has 0 aliphatic rings. The SMILES string of the molecule is Nc1nc(C(F)(F)F)ccc1Cl. The molecule has 1 heterocycles. The second-order valence-corrected chi connectivity index (χ2v) is 2.47. The topological polar surface area (TPSA) is 38.9 Å². The largest absolute Gasteiger partial charge is 0.433 e. The number of halogens is 4. The van der Waals surface area contributed by atoms with Crippen molar-refractivity contribution in [1.82, 2.24) is 4.98 Å². The number of hydrogen-bond acceptors (Lipinski definition) is 2. The van der Waals surface area contributed by atoms with Crippen LogP contribution in [0.15, 0.2) is 12.1 Å². The van der Waals surface area contributed by atoms with Crippen LogP contribution in [0.4, 0.5) is 19.0 Å². The Hall–Kier alpha value is -0.970. The molecule has 0 atom stereocenters. The van der Waals surface area contributed by atoms with Crippen LogP contribution in [-0.4, -0.2) is 4.98 Å². The zero-order chi connectivity index (χ0) is 9.35.